The Morgan fingerprint density at radius 2 is 0.686 bits per heavy atom. The van der Waals surface area contributed by atoms with E-state index in [1.54, 1.807) is 0 Å². The summed E-state index contributed by atoms with van der Waals surface area (Å²) in [6, 6.07) is -0.698. The second-order valence-corrected chi connectivity index (χ2v) is 22.2. The summed E-state index contributed by atoms with van der Waals surface area (Å²) in [5, 5.41) is 24.0. The Labute approximate surface area is 438 Å². The Bertz CT molecular complexity index is 1060. The molecule has 0 fully saturated rings. The van der Waals surface area contributed by atoms with Crippen molar-refractivity contribution >= 4 is 11.9 Å². The first-order valence-corrected chi connectivity index (χ1v) is 31.9. The summed E-state index contributed by atoms with van der Waals surface area (Å²) in [7, 11) is 0. The van der Waals surface area contributed by atoms with E-state index in [1.807, 2.05) is 0 Å². The molecule has 0 saturated heterocycles. The van der Waals surface area contributed by atoms with Gasteiger partial charge in [-0.15, -0.1) is 0 Å². The normalized spacial score (nSPS) is 13.0. The molecule has 0 aliphatic carbocycles. The summed E-state index contributed by atoms with van der Waals surface area (Å²) < 4.78 is 5.99. The van der Waals surface area contributed by atoms with Gasteiger partial charge in [-0.2, -0.15) is 0 Å². The molecule has 0 bridgehead atoms. The van der Waals surface area contributed by atoms with Crippen molar-refractivity contribution in [3.63, 3.8) is 0 Å². The van der Waals surface area contributed by atoms with E-state index in [0.29, 0.717) is 19.3 Å². The number of rotatable bonds is 59. The molecule has 0 aromatic carbocycles. The van der Waals surface area contributed by atoms with Gasteiger partial charge in [0, 0.05) is 6.42 Å². The van der Waals surface area contributed by atoms with Crippen LogP contribution in [0.25, 0.3) is 0 Å². The zero-order valence-electron chi connectivity index (χ0n) is 47.7. The van der Waals surface area contributed by atoms with Gasteiger partial charge in [-0.3, -0.25) is 9.59 Å². The number of nitrogens with one attached hydrogen (secondary N) is 1. The Kier molecular flexibility index (Phi) is 57.3. The molecule has 1 amide bonds. The van der Waals surface area contributed by atoms with Gasteiger partial charge in [-0.05, 0) is 51.4 Å². The molecule has 0 aliphatic heterocycles. The molecule has 0 aromatic heterocycles. The fourth-order valence-electron chi connectivity index (χ4n) is 10.3. The quantitative estimate of drug-likeness (QED) is 0.0321. The first-order chi connectivity index (χ1) is 34.5. The SMILES string of the molecule is CCCCCCCC/C=C/CCCCCCCCCC(CC(=O)NC(CO)C(O)CCCCCCCCCCCCCCCCCCC)OC(=O)CCCCCCCCCCCCCCCCCCC. The highest BCUT2D eigenvalue weighted by molar-refractivity contribution is 5.77. The van der Waals surface area contributed by atoms with Gasteiger partial charge < -0.3 is 20.3 Å². The number of unbranched alkanes of at least 4 members (excludes halogenated alkanes) is 45. The zero-order chi connectivity index (χ0) is 50.9. The molecule has 6 nitrogen and oxygen atoms in total. The van der Waals surface area contributed by atoms with Gasteiger partial charge in [0.1, 0.15) is 6.10 Å². The summed E-state index contributed by atoms with van der Waals surface area (Å²) in [4.78, 5) is 26.4. The van der Waals surface area contributed by atoms with Crippen molar-refractivity contribution in [3.8, 4) is 0 Å². The van der Waals surface area contributed by atoms with Gasteiger partial charge in [0.05, 0.1) is 25.2 Å². The minimum atomic E-state index is -0.785. The Morgan fingerprint density at radius 3 is 1.01 bits per heavy atom. The number of ether oxygens (including phenoxy) is 1. The Morgan fingerprint density at radius 1 is 0.400 bits per heavy atom. The summed E-state index contributed by atoms with van der Waals surface area (Å²) in [5.74, 6) is -0.450. The van der Waals surface area contributed by atoms with Crippen LogP contribution in [-0.2, 0) is 14.3 Å². The van der Waals surface area contributed by atoms with Crippen molar-refractivity contribution < 1.29 is 24.5 Å². The van der Waals surface area contributed by atoms with Crippen LogP contribution in [-0.4, -0.2) is 46.9 Å². The second-order valence-electron chi connectivity index (χ2n) is 22.2. The van der Waals surface area contributed by atoms with Crippen molar-refractivity contribution in [3.05, 3.63) is 12.2 Å². The number of esters is 1. The van der Waals surface area contributed by atoms with Crippen molar-refractivity contribution in [2.24, 2.45) is 0 Å². The zero-order valence-corrected chi connectivity index (χ0v) is 47.7. The molecule has 6 heteroatoms. The van der Waals surface area contributed by atoms with Gasteiger partial charge in [0.25, 0.3) is 0 Å². The number of amides is 1. The van der Waals surface area contributed by atoms with Crippen LogP contribution in [0.2, 0.25) is 0 Å². The third kappa shape index (κ3) is 52.9. The number of hydrogen-bond acceptors (Lipinski definition) is 5. The van der Waals surface area contributed by atoms with Gasteiger partial charge in [-0.1, -0.05) is 309 Å². The lowest BCUT2D eigenvalue weighted by Gasteiger charge is -2.24. The van der Waals surface area contributed by atoms with Crippen LogP contribution >= 0.6 is 0 Å². The summed E-state index contributed by atoms with van der Waals surface area (Å²) in [6.07, 6.45) is 68.6. The maximum atomic E-state index is 13.3. The molecule has 0 radical (unpaired) electrons. The van der Waals surface area contributed by atoms with Crippen LogP contribution in [0.15, 0.2) is 12.2 Å². The average Bonchev–Trinajstić information content (AvgIpc) is 3.35. The molecule has 0 spiro atoms. The van der Waals surface area contributed by atoms with Crippen LogP contribution in [0.4, 0.5) is 0 Å². The molecule has 3 unspecified atom stereocenters. The second kappa shape index (κ2) is 58.5. The van der Waals surface area contributed by atoms with Crippen LogP contribution in [0.5, 0.6) is 0 Å². The summed E-state index contributed by atoms with van der Waals surface area (Å²) >= 11 is 0. The largest absolute Gasteiger partial charge is 0.462 e. The van der Waals surface area contributed by atoms with E-state index >= 15 is 0 Å². The van der Waals surface area contributed by atoms with Crippen LogP contribution in [0.1, 0.15) is 361 Å². The van der Waals surface area contributed by atoms with E-state index in [9.17, 15) is 19.8 Å². The number of aliphatic hydroxyl groups is 2. The number of carbonyl (C=O) groups excluding carboxylic acids is 2. The average molecular weight is 989 g/mol. The van der Waals surface area contributed by atoms with Gasteiger partial charge >= 0.3 is 5.97 Å². The maximum Gasteiger partial charge on any atom is 0.306 e. The van der Waals surface area contributed by atoms with E-state index in [-0.39, 0.29) is 24.9 Å². The molecule has 0 rings (SSSR count). The molecule has 0 aliphatic rings. The minimum Gasteiger partial charge on any atom is -0.462 e. The van der Waals surface area contributed by atoms with E-state index in [0.717, 1.165) is 51.4 Å². The van der Waals surface area contributed by atoms with Crippen molar-refractivity contribution in [2.75, 3.05) is 6.61 Å². The fourth-order valence-corrected chi connectivity index (χ4v) is 10.3. The predicted octanol–water partition coefficient (Wildman–Crippen LogP) is 20.0. The van der Waals surface area contributed by atoms with E-state index in [1.165, 1.54) is 263 Å². The van der Waals surface area contributed by atoms with E-state index < -0.39 is 18.2 Å². The lowest BCUT2D eigenvalue weighted by atomic mass is 10.0. The fraction of sp³-hybridized carbons (Fsp3) is 0.938. The van der Waals surface area contributed by atoms with E-state index in [2.05, 4.69) is 38.2 Å². The number of aliphatic hydroxyl groups excluding tert-OH is 2. The molecule has 0 heterocycles. The van der Waals surface area contributed by atoms with Gasteiger partial charge in [-0.25, -0.2) is 0 Å². The molecule has 3 atom stereocenters. The van der Waals surface area contributed by atoms with Crippen molar-refractivity contribution in [1.29, 1.82) is 0 Å². The number of hydrogen-bond donors (Lipinski definition) is 3. The smallest absolute Gasteiger partial charge is 0.306 e. The maximum absolute atomic E-state index is 13.3. The Hall–Kier alpha value is -1.40. The van der Waals surface area contributed by atoms with Crippen molar-refractivity contribution in [1.82, 2.24) is 5.32 Å². The van der Waals surface area contributed by atoms with Crippen molar-refractivity contribution in [2.45, 2.75) is 379 Å². The molecule has 416 valence electrons. The Balaban J connectivity index is 4.49. The predicted molar refractivity (Wildman–Crippen MR) is 306 cm³/mol. The first-order valence-electron chi connectivity index (χ1n) is 31.9. The summed E-state index contributed by atoms with van der Waals surface area (Å²) in [6.45, 7) is 6.54. The number of carbonyl (C=O) groups is 2. The molecule has 70 heavy (non-hydrogen) atoms. The van der Waals surface area contributed by atoms with Gasteiger partial charge in [0.2, 0.25) is 5.91 Å². The highest BCUT2D eigenvalue weighted by atomic mass is 16.5. The minimum absolute atomic E-state index is 0.0828. The van der Waals surface area contributed by atoms with Crippen LogP contribution in [0, 0.1) is 0 Å². The van der Waals surface area contributed by atoms with Crippen LogP contribution < -0.4 is 5.32 Å². The molecule has 0 saturated carbocycles. The molecule has 0 aromatic rings. The molecule has 3 N–H and O–H groups in total. The lowest BCUT2D eigenvalue weighted by Crippen LogP contribution is -2.46. The highest BCUT2D eigenvalue weighted by Gasteiger charge is 2.24. The summed E-state index contributed by atoms with van der Waals surface area (Å²) in [5.41, 5.74) is 0. The highest BCUT2D eigenvalue weighted by Crippen LogP contribution is 2.20. The third-order valence-electron chi connectivity index (χ3n) is 15.1. The third-order valence-corrected chi connectivity index (χ3v) is 15.1. The topological polar surface area (TPSA) is 95.9 Å². The first kappa shape index (κ1) is 68.6. The number of allylic oxidation sites excluding steroid dienone is 2. The standard InChI is InChI=1S/C64H125NO5/c1-4-7-10-13-16-19-22-25-28-31-34-37-40-43-46-49-52-55-60(70-64(69)57-54-51-48-45-42-39-36-33-30-27-24-21-18-15-12-9-6-3)58-63(68)65-61(59-66)62(67)56-53-50-47-44-41-38-35-32-29-26-23-20-17-14-11-8-5-2/h25,28,60-62,66-67H,4-24,26-27,29-59H2,1-3H3,(H,65,68)/b28-25+. The van der Waals surface area contributed by atoms with E-state index in [4.69, 9.17) is 4.74 Å². The van der Waals surface area contributed by atoms with Crippen LogP contribution in [0.3, 0.4) is 0 Å². The monoisotopic (exact) mass is 988 g/mol. The molecular formula is C64H125NO5. The van der Waals surface area contributed by atoms with Gasteiger partial charge in [0.15, 0.2) is 0 Å². The lowest BCUT2D eigenvalue weighted by molar-refractivity contribution is -0.151. The molecular weight excluding hydrogens is 863 g/mol.